The largest absolute Gasteiger partial charge is 0.455 e. The van der Waals surface area contributed by atoms with Crippen LogP contribution in [0.2, 0.25) is 0 Å². The Morgan fingerprint density at radius 1 is 0.571 bits per heavy atom. The Labute approximate surface area is 327 Å². The molecule has 4 heterocycles. The molecule has 0 spiro atoms. The zero-order valence-corrected chi connectivity index (χ0v) is 31.4. The summed E-state index contributed by atoms with van der Waals surface area (Å²) in [4.78, 5) is 15.0. The quantitative estimate of drug-likeness (QED) is 0.165. The fourth-order valence-electron chi connectivity index (χ4n) is 7.74. The molecule has 0 radical (unpaired) electrons. The third-order valence-corrected chi connectivity index (χ3v) is 11.3. The first-order valence-electron chi connectivity index (χ1n) is 18.6. The SMILES string of the molecule is C=C/C=C\C.c1ccc(-c2nc(-c3ccccc3)nc(-c3cccc(-n4c5ccccc5c5c6sc7ccccc7c6c6oc7ccccc7c6c54)c3)n2)cc1. The van der Waals surface area contributed by atoms with Crippen LogP contribution in [0.15, 0.2) is 187 Å². The maximum Gasteiger partial charge on any atom is 0.164 e. The number of hydrogen-bond acceptors (Lipinski definition) is 5. The van der Waals surface area contributed by atoms with Crippen molar-refractivity contribution in [1.29, 1.82) is 0 Å². The second kappa shape index (κ2) is 13.9. The minimum absolute atomic E-state index is 0.621. The standard InChI is InChI=1S/C45H26N4OS.C5H8/c1-3-14-27(15-4-1)43-46-44(28-16-5-2-6-17-28)48-45(47-43)29-18-13-19-30(26-29)49-34-23-10-7-20-31(34)38-40(49)37-32-21-8-11-24-35(32)50-41(37)39-33-22-9-12-25-36(33)51-42(38)39;1-3-5-4-2/h1-26H;3-5H,1H2,2H3/b;5-4-. The van der Waals surface area contributed by atoms with Crippen molar-refractivity contribution in [2.45, 2.75) is 6.92 Å². The van der Waals surface area contributed by atoms with Gasteiger partial charge in [0.15, 0.2) is 17.5 Å². The molecule has 4 aromatic heterocycles. The molecule has 0 bridgehead atoms. The van der Waals surface area contributed by atoms with E-state index in [1.54, 1.807) is 6.08 Å². The lowest BCUT2D eigenvalue weighted by Gasteiger charge is -2.12. The van der Waals surface area contributed by atoms with E-state index in [0.717, 1.165) is 55.3 Å². The molecule has 6 heteroatoms. The van der Waals surface area contributed by atoms with Gasteiger partial charge in [-0.25, -0.2) is 15.0 Å². The predicted octanol–water partition coefficient (Wildman–Crippen LogP) is 14.0. The van der Waals surface area contributed by atoms with Crippen molar-refractivity contribution in [1.82, 2.24) is 19.5 Å². The fraction of sp³-hybridized carbons (Fsp3) is 0.0200. The van der Waals surface area contributed by atoms with Gasteiger partial charge in [0.1, 0.15) is 11.2 Å². The maximum atomic E-state index is 6.80. The van der Waals surface area contributed by atoms with Gasteiger partial charge in [-0.2, -0.15) is 0 Å². The van der Waals surface area contributed by atoms with E-state index in [1.165, 1.54) is 30.9 Å². The number of allylic oxidation sites excluding steroid dienone is 3. The Morgan fingerprint density at radius 3 is 1.84 bits per heavy atom. The minimum atomic E-state index is 0.621. The van der Waals surface area contributed by atoms with E-state index in [1.807, 2.05) is 97.1 Å². The summed E-state index contributed by atoms with van der Waals surface area (Å²) < 4.78 is 11.7. The molecule has 0 aliphatic heterocycles. The lowest BCUT2D eigenvalue weighted by Crippen LogP contribution is -2.01. The Balaban J connectivity index is 0.000000726. The summed E-state index contributed by atoms with van der Waals surface area (Å²) in [7, 11) is 0. The van der Waals surface area contributed by atoms with Crippen LogP contribution in [0, 0.1) is 0 Å². The van der Waals surface area contributed by atoms with Crippen LogP contribution in [0.3, 0.4) is 0 Å². The van der Waals surface area contributed by atoms with Crippen LogP contribution < -0.4 is 0 Å². The fourth-order valence-corrected chi connectivity index (χ4v) is 9.00. The Kier molecular flexibility index (Phi) is 8.31. The summed E-state index contributed by atoms with van der Waals surface area (Å²) in [5.41, 5.74) is 7.89. The normalized spacial score (nSPS) is 11.7. The van der Waals surface area contributed by atoms with Crippen LogP contribution >= 0.6 is 11.3 Å². The van der Waals surface area contributed by atoms with Crippen LogP contribution in [0.5, 0.6) is 0 Å². The first-order chi connectivity index (χ1) is 27.7. The van der Waals surface area contributed by atoms with E-state index in [-0.39, 0.29) is 0 Å². The highest BCUT2D eigenvalue weighted by molar-refractivity contribution is 7.27. The van der Waals surface area contributed by atoms with E-state index < -0.39 is 0 Å². The van der Waals surface area contributed by atoms with Gasteiger partial charge in [-0.15, -0.1) is 11.3 Å². The third-order valence-electron chi connectivity index (χ3n) is 10.1. The second-order valence-electron chi connectivity index (χ2n) is 13.5. The van der Waals surface area contributed by atoms with E-state index >= 15 is 0 Å². The van der Waals surface area contributed by atoms with Gasteiger partial charge in [-0.3, -0.25) is 0 Å². The average Bonchev–Trinajstić information content (AvgIpc) is 3.95. The summed E-state index contributed by atoms with van der Waals surface area (Å²) in [6.07, 6.45) is 5.58. The van der Waals surface area contributed by atoms with Crippen LogP contribution in [0.4, 0.5) is 0 Å². The number of thiophene rings is 1. The lowest BCUT2D eigenvalue weighted by molar-refractivity contribution is 0.673. The average molecular weight is 739 g/mol. The topological polar surface area (TPSA) is 56.7 Å². The van der Waals surface area contributed by atoms with Gasteiger partial charge in [0.25, 0.3) is 0 Å². The minimum Gasteiger partial charge on any atom is -0.455 e. The number of furan rings is 1. The predicted molar refractivity (Wildman–Crippen MR) is 236 cm³/mol. The molecule has 7 aromatic carbocycles. The molecule has 11 rings (SSSR count). The van der Waals surface area contributed by atoms with E-state index in [2.05, 4.69) is 102 Å². The van der Waals surface area contributed by atoms with Crippen molar-refractivity contribution in [3.8, 4) is 39.9 Å². The molecule has 0 aliphatic rings. The van der Waals surface area contributed by atoms with Crippen molar-refractivity contribution in [2.75, 3.05) is 0 Å². The molecular formula is C50H34N4OS. The number of aromatic nitrogens is 4. The van der Waals surface area contributed by atoms with Crippen molar-refractivity contribution in [3.05, 3.63) is 183 Å². The third kappa shape index (κ3) is 5.50. The molecule has 0 unspecified atom stereocenters. The van der Waals surface area contributed by atoms with Crippen LogP contribution in [0.1, 0.15) is 6.92 Å². The Morgan fingerprint density at radius 2 is 1.16 bits per heavy atom. The number of rotatable bonds is 5. The van der Waals surface area contributed by atoms with E-state index in [0.29, 0.717) is 17.5 Å². The van der Waals surface area contributed by atoms with Crippen LogP contribution in [-0.4, -0.2) is 19.5 Å². The lowest BCUT2D eigenvalue weighted by atomic mass is 10.0. The van der Waals surface area contributed by atoms with Gasteiger partial charge in [0, 0.05) is 58.7 Å². The number of nitrogens with zero attached hydrogens (tertiary/aromatic N) is 4. The van der Waals surface area contributed by atoms with Crippen LogP contribution in [0.25, 0.3) is 104 Å². The van der Waals surface area contributed by atoms with Gasteiger partial charge in [0.05, 0.1) is 16.4 Å². The van der Waals surface area contributed by atoms with Gasteiger partial charge in [-0.1, -0.05) is 152 Å². The first-order valence-corrected chi connectivity index (χ1v) is 19.4. The van der Waals surface area contributed by atoms with Gasteiger partial charge >= 0.3 is 0 Å². The molecule has 0 N–H and O–H groups in total. The van der Waals surface area contributed by atoms with E-state index in [4.69, 9.17) is 19.4 Å². The van der Waals surface area contributed by atoms with Gasteiger partial charge < -0.3 is 8.98 Å². The molecule has 0 saturated carbocycles. The van der Waals surface area contributed by atoms with E-state index in [9.17, 15) is 0 Å². The van der Waals surface area contributed by atoms with Crippen molar-refractivity contribution in [3.63, 3.8) is 0 Å². The summed E-state index contributed by atoms with van der Waals surface area (Å²) >= 11 is 1.84. The maximum absolute atomic E-state index is 6.80. The number of benzene rings is 7. The zero-order chi connectivity index (χ0) is 37.6. The van der Waals surface area contributed by atoms with Gasteiger partial charge in [-0.05, 0) is 37.3 Å². The van der Waals surface area contributed by atoms with Crippen molar-refractivity contribution < 1.29 is 4.42 Å². The van der Waals surface area contributed by atoms with Gasteiger partial charge in [0.2, 0.25) is 0 Å². The molecule has 0 saturated heterocycles. The smallest absolute Gasteiger partial charge is 0.164 e. The Hall–Kier alpha value is -7.15. The second-order valence-corrected chi connectivity index (χ2v) is 14.6. The molecule has 266 valence electrons. The zero-order valence-electron chi connectivity index (χ0n) is 30.6. The molecule has 0 amide bonds. The Bertz CT molecular complexity index is 3190. The molecular weight excluding hydrogens is 705 g/mol. The van der Waals surface area contributed by atoms with Crippen molar-refractivity contribution >= 4 is 75.3 Å². The molecule has 11 aromatic rings. The highest BCUT2D eigenvalue weighted by Crippen LogP contribution is 2.50. The number of fused-ring (bicyclic) bond motifs is 12. The number of hydrogen-bond donors (Lipinski definition) is 0. The summed E-state index contributed by atoms with van der Waals surface area (Å²) in [6.45, 7) is 5.42. The summed E-state index contributed by atoms with van der Waals surface area (Å²) in [6, 6.07) is 54.6. The summed E-state index contributed by atoms with van der Waals surface area (Å²) in [5.74, 6) is 1.90. The molecule has 0 fully saturated rings. The molecule has 56 heavy (non-hydrogen) atoms. The monoisotopic (exact) mass is 738 g/mol. The van der Waals surface area contributed by atoms with Crippen LogP contribution in [-0.2, 0) is 0 Å². The first kappa shape index (κ1) is 33.4. The highest BCUT2D eigenvalue weighted by atomic mass is 32.1. The molecule has 5 nitrogen and oxygen atoms in total. The van der Waals surface area contributed by atoms with Crippen molar-refractivity contribution in [2.24, 2.45) is 0 Å². The number of para-hydroxylation sites is 2. The molecule has 0 aliphatic carbocycles. The summed E-state index contributed by atoms with van der Waals surface area (Å²) in [5, 5.41) is 7.07. The highest BCUT2D eigenvalue weighted by Gasteiger charge is 2.25. The molecule has 0 atom stereocenters.